The first kappa shape index (κ1) is 24.4. The molecule has 1 amide bonds. The molecule has 0 radical (unpaired) electrons. The number of amides is 1. The second-order valence-electron chi connectivity index (χ2n) is 9.26. The Morgan fingerprint density at radius 3 is 2.46 bits per heavy atom. The summed E-state index contributed by atoms with van der Waals surface area (Å²) in [5.41, 5.74) is 5.60. The summed E-state index contributed by atoms with van der Waals surface area (Å²) < 4.78 is 6.38. The number of nitrogens with one attached hydrogen (secondary N) is 1. The summed E-state index contributed by atoms with van der Waals surface area (Å²) in [4.78, 5) is 12.2. The maximum Gasteiger partial charge on any atom is 0.238 e. The fraction of sp³-hybridized carbons (Fsp3) is 0.194. The number of piperidine rings is 1. The van der Waals surface area contributed by atoms with Crippen LogP contribution < -0.4 is 10.2 Å². The number of nitrogens with zero attached hydrogens (tertiary/aromatic N) is 1. The van der Waals surface area contributed by atoms with Crippen molar-refractivity contribution >= 4 is 22.8 Å². The summed E-state index contributed by atoms with van der Waals surface area (Å²) in [6.07, 6.45) is 7.60. The average molecular weight is 495 g/mol. The predicted octanol–water partition coefficient (Wildman–Crippen LogP) is 6.63. The Morgan fingerprint density at radius 1 is 0.892 bits per heavy atom. The van der Waals surface area contributed by atoms with E-state index in [1.165, 1.54) is 6.42 Å². The first-order valence-corrected chi connectivity index (χ1v) is 12.6. The molecular formula is C31H30N2O4. The molecule has 1 fully saturated rings. The van der Waals surface area contributed by atoms with Crippen molar-refractivity contribution in [2.24, 2.45) is 0 Å². The Morgan fingerprint density at radius 2 is 1.68 bits per heavy atom. The normalized spacial score (nSPS) is 14.2. The molecule has 0 aromatic heterocycles. The van der Waals surface area contributed by atoms with Gasteiger partial charge in [0.2, 0.25) is 5.91 Å². The number of phenolic OH excluding ortho intramolecular Hbond substituents is 2. The van der Waals surface area contributed by atoms with Gasteiger partial charge in [-0.05, 0) is 77.9 Å². The van der Waals surface area contributed by atoms with Crippen LogP contribution in [0, 0.1) is 0 Å². The van der Waals surface area contributed by atoms with E-state index in [0.29, 0.717) is 17.9 Å². The van der Waals surface area contributed by atoms with E-state index in [2.05, 4.69) is 5.43 Å². The number of carbonyl (C=O) groups is 1. The lowest BCUT2D eigenvalue weighted by Gasteiger charge is -2.26. The smallest absolute Gasteiger partial charge is 0.238 e. The molecule has 1 aliphatic rings. The molecule has 1 heterocycles. The van der Waals surface area contributed by atoms with E-state index in [-0.39, 0.29) is 17.4 Å². The summed E-state index contributed by atoms with van der Waals surface area (Å²) in [5, 5.41) is 23.7. The molecule has 4 aromatic carbocycles. The van der Waals surface area contributed by atoms with Crippen LogP contribution in [0.4, 0.5) is 0 Å². The largest absolute Gasteiger partial charge is 0.508 e. The van der Waals surface area contributed by atoms with Crippen molar-refractivity contribution in [3.8, 4) is 34.1 Å². The van der Waals surface area contributed by atoms with Gasteiger partial charge < -0.3 is 14.9 Å². The van der Waals surface area contributed by atoms with Crippen LogP contribution in [-0.2, 0) is 4.79 Å². The van der Waals surface area contributed by atoms with Crippen molar-refractivity contribution in [2.75, 3.05) is 13.1 Å². The zero-order chi connectivity index (χ0) is 25.6. The first-order chi connectivity index (χ1) is 18.0. The van der Waals surface area contributed by atoms with Gasteiger partial charge in [-0.2, -0.15) is 0 Å². The summed E-state index contributed by atoms with van der Waals surface area (Å²) in [6, 6.07) is 23.7. The van der Waals surface area contributed by atoms with E-state index >= 15 is 0 Å². The Hall–Kier alpha value is -4.29. The van der Waals surface area contributed by atoms with E-state index in [4.69, 9.17) is 4.74 Å². The molecule has 6 nitrogen and oxygen atoms in total. The Balaban J connectivity index is 1.33. The monoisotopic (exact) mass is 494 g/mol. The molecule has 6 heteroatoms. The van der Waals surface area contributed by atoms with Crippen molar-refractivity contribution in [2.45, 2.75) is 25.7 Å². The highest BCUT2D eigenvalue weighted by molar-refractivity contribution is 5.96. The molecule has 5 rings (SSSR count). The van der Waals surface area contributed by atoms with Crippen LogP contribution >= 0.6 is 0 Å². The zero-order valence-electron chi connectivity index (χ0n) is 20.6. The molecule has 3 N–H and O–H groups in total. The number of hydrogen-bond acceptors (Lipinski definition) is 5. The van der Waals surface area contributed by atoms with Crippen molar-refractivity contribution in [3.63, 3.8) is 0 Å². The van der Waals surface area contributed by atoms with Crippen LogP contribution in [0.5, 0.6) is 23.0 Å². The van der Waals surface area contributed by atoms with Crippen LogP contribution in [0.2, 0.25) is 0 Å². The van der Waals surface area contributed by atoms with Crippen LogP contribution in [0.15, 0.2) is 84.9 Å². The fourth-order valence-electron chi connectivity index (χ4n) is 4.59. The second-order valence-corrected chi connectivity index (χ2v) is 9.26. The minimum Gasteiger partial charge on any atom is -0.508 e. The lowest BCUT2D eigenvalue weighted by molar-refractivity contribution is -0.125. The third-order valence-corrected chi connectivity index (χ3v) is 6.46. The van der Waals surface area contributed by atoms with Gasteiger partial charge in [-0.15, -0.1) is 0 Å². The molecule has 0 bridgehead atoms. The van der Waals surface area contributed by atoms with Crippen molar-refractivity contribution in [1.82, 2.24) is 10.4 Å². The van der Waals surface area contributed by atoms with Crippen LogP contribution in [0.25, 0.3) is 28.0 Å². The number of ether oxygens (including phenoxy) is 1. The molecule has 1 saturated heterocycles. The number of carbonyl (C=O) groups excluding carboxylic acids is 1. The zero-order valence-corrected chi connectivity index (χ0v) is 20.6. The van der Waals surface area contributed by atoms with E-state index in [0.717, 1.165) is 53.4 Å². The molecule has 0 atom stereocenters. The lowest BCUT2D eigenvalue weighted by Crippen LogP contribution is -2.44. The topological polar surface area (TPSA) is 82.0 Å². The van der Waals surface area contributed by atoms with E-state index < -0.39 is 0 Å². The van der Waals surface area contributed by atoms with Crippen molar-refractivity contribution in [3.05, 3.63) is 90.5 Å². The Labute approximate surface area is 216 Å². The minimum absolute atomic E-state index is 0.000394. The standard InChI is InChI=1S/C31H30N2O4/c34-25-8-5-7-23(20-25)28-16-12-24-21-26(35)13-17-29(24)31(28)37-27-14-10-22(11-15-27)6-4-9-30(36)32-33-18-2-1-3-19-33/h4-8,10-17,20-21,34-35H,1-3,9,18-19H2,(H,32,36). The minimum atomic E-state index is -0.000394. The van der Waals surface area contributed by atoms with Crippen LogP contribution in [0.1, 0.15) is 31.2 Å². The number of benzene rings is 4. The molecule has 1 aliphatic heterocycles. The maximum atomic E-state index is 12.2. The highest BCUT2D eigenvalue weighted by atomic mass is 16.5. The highest BCUT2D eigenvalue weighted by Gasteiger charge is 2.14. The highest BCUT2D eigenvalue weighted by Crippen LogP contribution is 2.41. The summed E-state index contributed by atoms with van der Waals surface area (Å²) >= 11 is 0. The van der Waals surface area contributed by atoms with E-state index in [9.17, 15) is 15.0 Å². The molecule has 0 aliphatic carbocycles. The molecule has 4 aromatic rings. The molecule has 188 valence electrons. The summed E-state index contributed by atoms with van der Waals surface area (Å²) in [5.74, 6) is 1.65. The number of rotatable bonds is 7. The average Bonchev–Trinajstić information content (AvgIpc) is 2.90. The number of fused-ring (bicyclic) bond motifs is 1. The fourth-order valence-corrected chi connectivity index (χ4v) is 4.59. The van der Waals surface area contributed by atoms with Gasteiger partial charge in [0.1, 0.15) is 23.0 Å². The number of phenols is 2. The van der Waals surface area contributed by atoms with Gasteiger partial charge in [0.25, 0.3) is 0 Å². The third kappa shape index (κ3) is 6.11. The maximum absolute atomic E-state index is 12.2. The van der Waals surface area contributed by atoms with Crippen LogP contribution in [0.3, 0.4) is 0 Å². The molecular weight excluding hydrogens is 464 g/mol. The number of hydrazine groups is 1. The van der Waals surface area contributed by atoms with Gasteiger partial charge in [-0.1, -0.05) is 48.9 Å². The Bertz CT molecular complexity index is 1420. The molecule has 0 saturated carbocycles. The molecule has 0 unspecified atom stereocenters. The van der Waals surface area contributed by atoms with Crippen molar-refractivity contribution in [1.29, 1.82) is 0 Å². The van der Waals surface area contributed by atoms with Gasteiger partial charge in [0, 0.05) is 30.5 Å². The lowest BCUT2D eigenvalue weighted by atomic mass is 9.99. The number of hydrogen-bond donors (Lipinski definition) is 3. The first-order valence-electron chi connectivity index (χ1n) is 12.6. The number of aromatic hydroxyl groups is 2. The van der Waals surface area contributed by atoms with Gasteiger partial charge in [0.05, 0.1) is 0 Å². The molecule has 37 heavy (non-hydrogen) atoms. The van der Waals surface area contributed by atoms with E-state index in [1.54, 1.807) is 30.3 Å². The summed E-state index contributed by atoms with van der Waals surface area (Å²) in [6.45, 7) is 1.84. The second kappa shape index (κ2) is 11.2. The summed E-state index contributed by atoms with van der Waals surface area (Å²) in [7, 11) is 0. The van der Waals surface area contributed by atoms with Gasteiger partial charge in [-0.25, -0.2) is 5.01 Å². The third-order valence-electron chi connectivity index (χ3n) is 6.46. The van der Waals surface area contributed by atoms with Gasteiger partial charge in [-0.3, -0.25) is 10.2 Å². The van der Waals surface area contributed by atoms with Crippen LogP contribution in [-0.4, -0.2) is 34.2 Å². The van der Waals surface area contributed by atoms with Crippen molar-refractivity contribution < 1.29 is 19.7 Å². The quantitative estimate of drug-likeness (QED) is 0.269. The SMILES string of the molecule is O=C(CC=Cc1ccc(Oc2c(-c3cccc(O)c3)ccc3cc(O)ccc23)cc1)NN1CCCCC1. The predicted molar refractivity (Wildman–Crippen MR) is 146 cm³/mol. The molecule has 0 spiro atoms. The van der Waals surface area contributed by atoms with Gasteiger partial charge >= 0.3 is 0 Å². The Kier molecular flexibility index (Phi) is 7.38. The van der Waals surface area contributed by atoms with E-state index in [1.807, 2.05) is 65.7 Å². The van der Waals surface area contributed by atoms with Gasteiger partial charge in [0.15, 0.2) is 0 Å².